The second-order valence-corrected chi connectivity index (χ2v) is 9.85. The van der Waals surface area contributed by atoms with Crippen LogP contribution in [0.25, 0.3) is 0 Å². The number of amides is 1. The number of rotatable bonds is 5. The van der Waals surface area contributed by atoms with Gasteiger partial charge in [0, 0.05) is 31.0 Å². The Balaban J connectivity index is 1.72. The summed E-state index contributed by atoms with van der Waals surface area (Å²) in [6.07, 6.45) is 4.92. The lowest BCUT2D eigenvalue weighted by Gasteiger charge is -2.31. The van der Waals surface area contributed by atoms with Gasteiger partial charge in [0.15, 0.2) is 0 Å². The average Bonchev–Trinajstić information content (AvgIpc) is 3.45. The van der Waals surface area contributed by atoms with Crippen LogP contribution in [0.2, 0.25) is 0 Å². The van der Waals surface area contributed by atoms with E-state index >= 15 is 0 Å². The third-order valence-corrected chi connectivity index (χ3v) is 6.10. The number of nitrogens with one attached hydrogen (secondary N) is 1. The van der Waals surface area contributed by atoms with Gasteiger partial charge < -0.3 is 26.8 Å². The summed E-state index contributed by atoms with van der Waals surface area (Å²) in [4.78, 5) is 23.1. The molecule has 2 aliphatic rings. The number of benzene rings is 1. The van der Waals surface area contributed by atoms with Crippen molar-refractivity contribution in [3.63, 3.8) is 0 Å². The van der Waals surface area contributed by atoms with Gasteiger partial charge in [-0.1, -0.05) is 26.8 Å². The lowest BCUT2D eigenvalue weighted by atomic mass is 9.85. The van der Waals surface area contributed by atoms with Gasteiger partial charge >= 0.3 is 0 Å². The molecule has 0 radical (unpaired) electrons. The van der Waals surface area contributed by atoms with Gasteiger partial charge in [0.05, 0.1) is 5.60 Å². The molecule has 1 amide bonds. The van der Waals surface area contributed by atoms with Crippen LogP contribution in [0.15, 0.2) is 24.4 Å². The van der Waals surface area contributed by atoms with Crippen LogP contribution in [0, 0.1) is 0 Å². The third kappa shape index (κ3) is 4.65. The summed E-state index contributed by atoms with van der Waals surface area (Å²) in [7, 11) is 0. The van der Waals surface area contributed by atoms with Crippen LogP contribution < -0.4 is 21.7 Å². The van der Waals surface area contributed by atoms with E-state index in [1.807, 2.05) is 17.0 Å². The first-order valence-corrected chi connectivity index (χ1v) is 10.9. The Bertz CT molecular complexity index is 973. The monoisotopic (exact) mass is 424 g/mol. The second-order valence-electron chi connectivity index (χ2n) is 9.85. The molecule has 31 heavy (non-hydrogen) atoms. The number of hydrogen-bond donors (Lipinski definition) is 4. The van der Waals surface area contributed by atoms with Gasteiger partial charge in [-0.25, -0.2) is 4.98 Å². The number of aromatic nitrogens is 2. The number of piperidine rings is 1. The van der Waals surface area contributed by atoms with Crippen molar-refractivity contribution in [3.8, 4) is 0 Å². The van der Waals surface area contributed by atoms with Crippen LogP contribution in [0.3, 0.4) is 0 Å². The summed E-state index contributed by atoms with van der Waals surface area (Å²) in [6.45, 7) is 7.88. The van der Waals surface area contributed by atoms with Crippen molar-refractivity contribution in [1.82, 2.24) is 9.97 Å². The number of hydrogen-bond acceptors (Lipinski definition) is 7. The Morgan fingerprint density at radius 1 is 1.29 bits per heavy atom. The molecule has 1 saturated carbocycles. The fraction of sp³-hybridized carbons (Fsp3) is 0.522. The molecule has 6 N–H and O–H groups in total. The highest BCUT2D eigenvalue weighted by Gasteiger charge is 2.42. The molecule has 1 aliphatic heterocycles. The Morgan fingerprint density at radius 2 is 2.03 bits per heavy atom. The summed E-state index contributed by atoms with van der Waals surface area (Å²) in [5.74, 6) is 0.282. The molecule has 166 valence electrons. The Hall–Kier alpha value is -2.71. The number of anilines is 3. The average molecular weight is 425 g/mol. The summed E-state index contributed by atoms with van der Waals surface area (Å²) >= 11 is 0. The molecule has 2 fully saturated rings. The Morgan fingerprint density at radius 3 is 2.65 bits per heavy atom. The number of carbonyl (C=O) groups is 1. The molecular weight excluding hydrogens is 392 g/mol. The number of nitrogens with two attached hydrogens (primary N) is 2. The summed E-state index contributed by atoms with van der Waals surface area (Å²) in [5, 5.41) is 14.0. The zero-order chi connectivity index (χ0) is 22.4. The summed E-state index contributed by atoms with van der Waals surface area (Å²) < 4.78 is 0. The Labute approximate surface area is 183 Å². The zero-order valence-electron chi connectivity index (χ0n) is 18.5. The molecule has 1 atom stereocenters. The highest BCUT2D eigenvalue weighted by molar-refractivity contribution is 5.98. The molecule has 2 aromatic rings. The predicted octanol–water partition coefficient (Wildman–Crippen LogP) is 2.53. The maximum atomic E-state index is 12.0. The van der Waals surface area contributed by atoms with E-state index in [9.17, 15) is 9.90 Å². The fourth-order valence-electron chi connectivity index (χ4n) is 3.94. The van der Waals surface area contributed by atoms with E-state index in [-0.39, 0.29) is 17.0 Å². The first kappa shape index (κ1) is 21.5. The van der Waals surface area contributed by atoms with Crippen LogP contribution in [0.5, 0.6) is 0 Å². The summed E-state index contributed by atoms with van der Waals surface area (Å²) in [5.41, 5.74) is 13.8. The van der Waals surface area contributed by atoms with Gasteiger partial charge in [0.1, 0.15) is 11.4 Å². The third-order valence-electron chi connectivity index (χ3n) is 6.10. The molecule has 8 nitrogen and oxygen atoms in total. The standard InChI is InChI=1S/C23H32N6O2/c1-22(2,3)14-9-15(23(31)6-7-23)11-17(10-14)27-20-18(19(25)30)12-26-21(28-20)29-8-4-5-16(24)13-29/h9-12,16,31H,4-8,13,24H2,1-3H3,(H2,25,30)(H,26,27,28). The highest BCUT2D eigenvalue weighted by atomic mass is 16.3. The normalized spacial score (nSPS) is 20.4. The van der Waals surface area contributed by atoms with Crippen LogP contribution in [-0.2, 0) is 11.0 Å². The molecule has 0 spiro atoms. The minimum atomic E-state index is -0.773. The van der Waals surface area contributed by atoms with Gasteiger partial charge in [0.25, 0.3) is 5.91 Å². The Kier molecular flexibility index (Phi) is 5.39. The van der Waals surface area contributed by atoms with E-state index in [4.69, 9.17) is 11.5 Å². The molecule has 4 rings (SSSR count). The minimum Gasteiger partial charge on any atom is -0.385 e. The number of aliphatic hydroxyl groups is 1. The maximum Gasteiger partial charge on any atom is 0.254 e. The topological polar surface area (TPSA) is 130 Å². The molecule has 1 aromatic carbocycles. The van der Waals surface area contributed by atoms with Crippen LogP contribution in [0.1, 0.15) is 67.9 Å². The van der Waals surface area contributed by atoms with Crippen molar-refractivity contribution in [2.24, 2.45) is 11.5 Å². The quantitative estimate of drug-likeness (QED) is 0.580. The molecule has 1 aliphatic carbocycles. The van der Waals surface area contributed by atoms with Crippen molar-refractivity contribution in [1.29, 1.82) is 0 Å². The molecular formula is C23H32N6O2. The van der Waals surface area contributed by atoms with E-state index < -0.39 is 11.5 Å². The number of nitrogens with zero attached hydrogens (tertiary/aromatic N) is 3. The van der Waals surface area contributed by atoms with Crippen molar-refractivity contribution < 1.29 is 9.90 Å². The summed E-state index contributed by atoms with van der Waals surface area (Å²) in [6, 6.07) is 6.09. The molecule has 8 heteroatoms. The molecule has 2 heterocycles. The van der Waals surface area contributed by atoms with E-state index in [1.54, 1.807) is 0 Å². The largest absolute Gasteiger partial charge is 0.385 e. The molecule has 1 aromatic heterocycles. The van der Waals surface area contributed by atoms with Gasteiger partial charge in [0.2, 0.25) is 5.95 Å². The van der Waals surface area contributed by atoms with E-state index in [2.05, 4.69) is 42.1 Å². The van der Waals surface area contributed by atoms with Crippen LogP contribution in [0.4, 0.5) is 17.5 Å². The van der Waals surface area contributed by atoms with Crippen molar-refractivity contribution in [2.75, 3.05) is 23.3 Å². The highest BCUT2D eigenvalue weighted by Crippen LogP contribution is 2.47. The van der Waals surface area contributed by atoms with E-state index in [0.29, 0.717) is 18.3 Å². The predicted molar refractivity (Wildman–Crippen MR) is 122 cm³/mol. The first-order chi connectivity index (χ1) is 14.5. The van der Waals surface area contributed by atoms with Crippen LogP contribution >= 0.6 is 0 Å². The maximum absolute atomic E-state index is 12.0. The van der Waals surface area contributed by atoms with Crippen molar-refractivity contribution >= 4 is 23.4 Å². The lowest BCUT2D eigenvalue weighted by molar-refractivity contribution is 0.100. The van der Waals surface area contributed by atoms with E-state index in [0.717, 1.165) is 49.0 Å². The van der Waals surface area contributed by atoms with Crippen LogP contribution in [-0.4, -0.2) is 40.1 Å². The molecule has 1 unspecified atom stereocenters. The first-order valence-electron chi connectivity index (χ1n) is 10.9. The zero-order valence-corrected chi connectivity index (χ0v) is 18.5. The lowest BCUT2D eigenvalue weighted by Crippen LogP contribution is -2.43. The molecule has 1 saturated heterocycles. The molecule has 0 bridgehead atoms. The van der Waals surface area contributed by atoms with Crippen molar-refractivity contribution in [3.05, 3.63) is 41.1 Å². The van der Waals surface area contributed by atoms with Gasteiger partial charge in [-0.3, -0.25) is 4.79 Å². The SMILES string of the molecule is CC(C)(C)c1cc(Nc2nc(N3CCCC(N)C3)ncc2C(N)=O)cc(C2(O)CC2)c1. The number of carbonyl (C=O) groups excluding carboxylic acids is 1. The van der Waals surface area contributed by atoms with Gasteiger partial charge in [-0.2, -0.15) is 4.98 Å². The van der Waals surface area contributed by atoms with Gasteiger partial charge in [-0.05, 0) is 54.4 Å². The van der Waals surface area contributed by atoms with Gasteiger partial charge in [-0.15, -0.1) is 0 Å². The fourth-order valence-corrected chi connectivity index (χ4v) is 3.94. The minimum absolute atomic E-state index is 0.0786. The van der Waals surface area contributed by atoms with E-state index in [1.165, 1.54) is 6.20 Å². The second kappa shape index (κ2) is 7.76. The number of primary amides is 1. The van der Waals surface area contributed by atoms with Crippen molar-refractivity contribution in [2.45, 2.75) is 63.5 Å². The smallest absolute Gasteiger partial charge is 0.254 e.